The number of hydrogen-bond donors (Lipinski definition) is 2. The Balaban J connectivity index is 2.04. The largest absolute Gasteiger partial charge is 0.343 e. The Morgan fingerprint density at radius 2 is 2.16 bits per heavy atom. The first-order valence-electron chi connectivity index (χ1n) is 6.05. The maximum Gasteiger partial charge on any atom is 0.271 e. The summed E-state index contributed by atoms with van der Waals surface area (Å²) in [5, 5.41) is 5.49. The summed E-state index contributed by atoms with van der Waals surface area (Å²) in [6.45, 7) is 5.89. The van der Waals surface area contributed by atoms with Gasteiger partial charge < -0.3 is 11.1 Å². The number of nitrogens with one attached hydrogen (secondary N) is 1. The lowest BCUT2D eigenvalue weighted by Gasteiger charge is -2.10. The van der Waals surface area contributed by atoms with Gasteiger partial charge in [-0.3, -0.25) is 4.79 Å². The fraction of sp³-hybridized carbons (Fsp3) is 0.385. The highest BCUT2D eigenvalue weighted by Crippen LogP contribution is 2.23. The van der Waals surface area contributed by atoms with Crippen LogP contribution in [0.3, 0.4) is 0 Å². The number of aromatic nitrogens is 1. The van der Waals surface area contributed by atoms with Crippen LogP contribution in [0.2, 0.25) is 0 Å². The van der Waals surface area contributed by atoms with Gasteiger partial charge in [0.2, 0.25) is 0 Å². The normalized spacial score (nSPS) is 14.1. The summed E-state index contributed by atoms with van der Waals surface area (Å²) in [7, 11) is 0. The predicted molar refractivity (Wildman–Crippen MR) is 79.7 cm³/mol. The third-order valence-corrected chi connectivity index (χ3v) is 4.91. The van der Waals surface area contributed by atoms with E-state index in [1.807, 2.05) is 19.9 Å². The molecule has 0 aliphatic rings. The molecule has 0 spiro atoms. The zero-order chi connectivity index (χ0) is 14.0. The van der Waals surface area contributed by atoms with Gasteiger partial charge in [0.25, 0.3) is 5.91 Å². The molecule has 0 bridgehead atoms. The molecule has 0 aliphatic carbocycles. The fourth-order valence-electron chi connectivity index (χ4n) is 1.63. The van der Waals surface area contributed by atoms with Crippen LogP contribution in [0.25, 0.3) is 0 Å². The molecule has 2 aromatic rings. The van der Waals surface area contributed by atoms with Crippen molar-refractivity contribution >= 4 is 28.6 Å². The molecule has 0 saturated carbocycles. The van der Waals surface area contributed by atoms with Gasteiger partial charge in [0.1, 0.15) is 10.7 Å². The molecule has 102 valence electrons. The minimum atomic E-state index is -0.151. The Morgan fingerprint density at radius 3 is 2.68 bits per heavy atom. The number of rotatable bonds is 4. The molecule has 2 heterocycles. The van der Waals surface area contributed by atoms with Gasteiger partial charge in [0.05, 0.1) is 12.1 Å². The van der Waals surface area contributed by atoms with E-state index in [2.05, 4.69) is 23.3 Å². The van der Waals surface area contributed by atoms with Crippen molar-refractivity contribution in [2.45, 2.75) is 32.9 Å². The Kier molecular flexibility index (Phi) is 4.34. The van der Waals surface area contributed by atoms with E-state index in [1.54, 1.807) is 16.7 Å². The Hall–Kier alpha value is -1.24. The Bertz CT molecular complexity index is 574. The van der Waals surface area contributed by atoms with E-state index in [1.165, 1.54) is 16.2 Å². The van der Waals surface area contributed by atoms with Crippen LogP contribution in [-0.2, 0) is 0 Å². The Morgan fingerprint density at radius 1 is 1.42 bits per heavy atom. The van der Waals surface area contributed by atoms with E-state index < -0.39 is 0 Å². The molecule has 0 radical (unpaired) electrons. The first-order valence-corrected chi connectivity index (χ1v) is 7.75. The van der Waals surface area contributed by atoms with Crippen molar-refractivity contribution in [1.82, 2.24) is 10.3 Å². The van der Waals surface area contributed by atoms with Crippen molar-refractivity contribution < 1.29 is 4.79 Å². The molecule has 1 amide bonds. The smallest absolute Gasteiger partial charge is 0.271 e. The zero-order valence-corrected chi connectivity index (χ0v) is 12.8. The van der Waals surface area contributed by atoms with E-state index in [0.717, 1.165) is 9.88 Å². The highest BCUT2D eigenvalue weighted by molar-refractivity contribution is 7.12. The van der Waals surface area contributed by atoms with Gasteiger partial charge in [0.15, 0.2) is 0 Å². The lowest BCUT2D eigenvalue weighted by Crippen LogP contribution is -2.26. The molecule has 2 aromatic heterocycles. The monoisotopic (exact) mass is 295 g/mol. The SMILES string of the molecule is Cc1ccc(C(C)NC(=O)c2csc(C(C)N)n2)s1. The minimum absolute atomic E-state index is 0.00773. The Labute approximate surface area is 120 Å². The van der Waals surface area contributed by atoms with Gasteiger partial charge in [-0.2, -0.15) is 0 Å². The average molecular weight is 295 g/mol. The number of carbonyl (C=O) groups is 1. The van der Waals surface area contributed by atoms with Crippen molar-refractivity contribution in [3.05, 3.63) is 38.0 Å². The van der Waals surface area contributed by atoms with E-state index in [4.69, 9.17) is 5.73 Å². The van der Waals surface area contributed by atoms with E-state index >= 15 is 0 Å². The molecule has 2 atom stereocenters. The summed E-state index contributed by atoms with van der Waals surface area (Å²) in [6, 6.07) is 3.95. The van der Waals surface area contributed by atoms with Crippen molar-refractivity contribution in [3.63, 3.8) is 0 Å². The maximum absolute atomic E-state index is 12.1. The van der Waals surface area contributed by atoms with Crippen LogP contribution in [0, 0.1) is 6.92 Å². The van der Waals surface area contributed by atoms with Crippen LogP contribution in [0.4, 0.5) is 0 Å². The van der Waals surface area contributed by atoms with Gasteiger partial charge in [-0.05, 0) is 32.9 Å². The van der Waals surface area contributed by atoms with Crippen LogP contribution in [0.15, 0.2) is 17.5 Å². The summed E-state index contributed by atoms with van der Waals surface area (Å²) in [6.07, 6.45) is 0. The van der Waals surface area contributed by atoms with Crippen LogP contribution in [0.1, 0.15) is 51.2 Å². The summed E-state index contributed by atoms with van der Waals surface area (Å²) >= 11 is 3.11. The molecule has 6 heteroatoms. The number of amides is 1. The van der Waals surface area contributed by atoms with Gasteiger partial charge >= 0.3 is 0 Å². The van der Waals surface area contributed by atoms with Gasteiger partial charge in [-0.1, -0.05) is 0 Å². The second-order valence-corrected chi connectivity index (χ2v) is 6.71. The molecule has 2 unspecified atom stereocenters. The molecule has 0 aromatic carbocycles. The van der Waals surface area contributed by atoms with Crippen LogP contribution < -0.4 is 11.1 Å². The van der Waals surface area contributed by atoms with Crippen molar-refractivity contribution in [3.8, 4) is 0 Å². The number of aryl methyl sites for hydroxylation is 1. The third kappa shape index (κ3) is 3.40. The van der Waals surface area contributed by atoms with Crippen molar-refractivity contribution in [1.29, 1.82) is 0 Å². The minimum Gasteiger partial charge on any atom is -0.343 e. The molecule has 0 fully saturated rings. The fourth-order valence-corrected chi connectivity index (χ4v) is 3.27. The molecule has 2 rings (SSSR count). The molecule has 3 N–H and O–H groups in total. The summed E-state index contributed by atoms with van der Waals surface area (Å²) < 4.78 is 0. The molecule has 19 heavy (non-hydrogen) atoms. The average Bonchev–Trinajstić information content (AvgIpc) is 2.96. The molecule has 4 nitrogen and oxygen atoms in total. The molecule has 0 saturated heterocycles. The molecular weight excluding hydrogens is 278 g/mol. The number of carbonyl (C=O) groups excluding carboxylic acids is 1. The maximum atomic E-state index is 12.1. The van der Waals surface area contributed by atoms with Crippen LogP contribution >= 0.6 is 22.7 Å². The standard InChI is InChI=1S/C13H17N3OS2/c1-7-4-5-11(19-7)9(3)15-12(17)10-6-18-13(16-10)8(2)14/h4-6,8-9H,14H2,1-3H3,(H,15,17). The van der Waals surface area contributed by atoms with Gasteiger partial charge in [-0.25, -0.2) is 4.98 Å². The third-order valence-electron chi connectivity index (χ3n) is 2.68. The summed E-state index contributed by atoms with van der Waals surface area (Å²) in [5.74, 6) is -0.151. The lowest BCUT2D eigenvalue weighted by molar-refractivity contribution is 0.0936. The first kappa shape index (κ1) is 14.2. The highest BCUT2D eigenvalue weighted by atomic mass is 32.1. The van der Waals surface area contributed by atoms with Crippen molar-refractivity contribution in [2.75, 3.05) is 0 Å². The second kappa shape index (κ2) is 5.81. The van der Waals surface area contributed by atoms with Gasteiger partial charge in [0, 0.05) is 15.1 Å². The molecule has 0 aliphatic heterocycles. The topological polar surface area (TPSA) is 68.0 Å². The first-order chi connectivity index (χ1) is 8.97. The quantitative estimate of drug-likeness (QED) is 0.911. The summed E-state index contributed by atoms with van der Waals surface area (Å²) in [4.78, 5) is 18.7. The van der Waals surface area contributed by atoms with Crippen LogP contribution in [0.5, 0.6) is 0 Å². The highest BCUT2D eigenvalue weighted by Gasteiger charge is 2.16. The number of thiazole rings is 1. The van der Waals surface area contributed by atoms with Gasteiger partial charge in [-0.15, -0.1) is 22.7 Å². The number of nitrogens with zero attached hydrogens (tertiary/aromatic N) is 1. The predicted octanol–water partition coefficient (Wildman–Crippen LogP) is 3.02. The number of nitrogens with two attached hydrogens (primary N) is 1. The van der Waals surface area contributed by atoms with E-state index in [9.17, 15) is 4.79 Å². The lowest BCUT2D eigenvalue weighted by atomic mass is 10.2. The number of hydrogen-bond acceptors (Lipinski definition) is 5. The summed E-state index contributed by atoms with van der Waals surface area (Å²) in [5.41, 5.74) is 6.18. The van der Waals surface area contributed by atoms with E-state index in [-0.39, 0.29) is 18.0 Å². The number of thiophene rings is 1. The van der Waals surface area contributed by atoms with Crippen molar-refractivity contribution in [2.24, 2.45) is 5.73 Å². The molecular formula is C13H17N3OS2. The van der Waals surface area contributed by atoms with Crippen LogP contribution in [-0.4, -0.2) is 10.9 Å². The second-order valence-electron chi connectivity index (χ2n) is 4.50. The van der Waals surface area contributed by atoms with E-state index in [0.29, 0.717) is 5.69 Å². The zero-order valence-electron chi connectivity index (χ0n) is 11.1.